The summed E-state index contributed by atoms with van der Waals surface area (Å²) in [5.74, 6) is -1.21. The van der Waals surface area contributed by atoms with Crippen LogP contribution < -0.4 is 11.5 Å². The second-order valence-electron chi connectivity index (χ2n) is 6.26. The highest BCUT2D eigenvalue weighted by molar-refractivity contribution is 5.93. The number of carbonyl (C=O) groups excluding carboxylic acids is 2. The van der Waals surface area contributed by atoms with Gasteiger partial charge in [-0.1, -0.05) is 30.3 Å². The lowest BCUT2D eigenvalue weighted by molar-refractivity contribution is -0.385. The largest absolute Gasteiger partial charge is 0.368 e. The first-order valence-corrected chi connectivity index (χ1v) is 8.04. The first-order valence-electron chi connectivity index (χ1n) is 8.04. The zero-order chi connectivity index (χ0) is 18.8. The number of hydrogen-bond donors (Lipinski definition) is 2. The zero-order valence-corrected chi connectivity index (χ0v) is 13.9. The first kappa shape index (κ1) is 17.6. The summed E-state index contributed by atoms with van der Waals surface area (Å²) >= 11 is 0. The van der Waals surface area contributed by atoms with Crippen LogP contribution in [0.2, 0.25) is 0 Å². The molecule has 8 heteroatoms. The number of benzene rings is 2. The number of amides is 2. The molecular formula is C18H18N4O4. The van der Waals surface area contributed by atoms with Gasteiger partial charge in [-0.25, -0.2) is 0 Å². The van der Waals surface area contributed by atoms with E-state index in [0.717, 1.165) is 17.2 Å². The van der Waals surface area contributed by atoms with Gasteiger partial charge in [0, 0.05) is 30.3 Å². The third-order valence-corrected chi connectivity index (χ3v) is 4.61. The van der Waals surface area contributed by atoms with E-state index in [-0.39, 0.29) is 17.8 Å². The van der Waals surface area contributed by atoms with E-state index in [1.165, 1.54) is 12.1 Å². The van der Waals surface area contributed by atoms with Crippen molar-refractivity contribution in [1.82, 2.24) is 4.90 Å². The second kappa shape index (κ2) is 6.93. The molecule has 3 rings (SSSR count). The van der Waals surface area contributed by atoms with Crippen LogP contribution in [0.4, 0.5) is 5.69 Å². The third kappa shape index (κ3) is 3.40. The monoisotopic (exact) mass is 354 g/mol. The van der Waals surface area contributed by atoms with Gasteiger partial charge >= 0.3 is 0 Å². The molecule has 134 valence electrons. The third-order valence-electron chi connectivity index (χ3n) is 4.61. The predicted octanol–water partition coefficient (Wildman–Crippen LogP) is 1.11. The maximum absolute atomic E-state index is 11.9. The van der Waals surface area contributed by atoms with Gasteiger partial charge in [0.2, 0.25) is 11.8 Å². The van der Waals surface area contributed by atoms with Crippen LogP contribution in [0.25, 0.3) is 0 Å². The normalized spacial score (nSPS) is 16.7. The van der Waals surface area contributed by atoms with E-state index in [4.69, 9.17) is 11.5 Å². The molecule has 0 spiro atoms. The molecule has 0 bridgehead atoms. The van der Waals surface area contributed by atoms with Crippen LogP contribution in [-0.2, 0) is 24.3 Å². The second-order valence-corrected chi connectivity index (χ2v) is 6.26. The number of primary amides is 2. The zero-order valence-electron chi connectivity index (χ0n) is 13.9. The number of nitro groups is 1. The minimum Gasteiger partial charge on any atom is -0.368 e. The Kier molecular flexibility index (Phi) is 4.68. The van der Waals surface area contributed by atoms with E-state index in [0.29, 0.717) is 18.5 Å². The van der Waals surface area contributed by atoms with Gasteiger partial charge in [0.1, 0.15) is 0 Å². The molecule has 0 aromatic heterocycles. The molecule has 2 aromatic carbocycles. The average molecular weight is 354 g/mol. The van der Waals surface area contributed by atoms with Crippen LogP contribution in [-0.4, -0.2) is 27.7 Å². The Hall–Kier alpha value is -3.26. The maximum atomic E-state index is 11.9. The predicted molar refractivity (Wildman–Crippen MR) is 94.0 cm³/mol. The molecule has 4 N–H and O–H groups in total. The fourth-order valence-electron chi connectivity index (χ4n) is 3.26. The summed E-state index contributed by atoms with van der Waals surface area (Å²) in [5.41, 5.74) is 13.1. The molecule has 0 saturated heterocycles. The molecule has 2 aromatic rings. The van der Waals surface area contributed by atoms with Gasteiger partial charge in [-0.05, 0) is 23.6 Å². The SMILES string of the molecule is NC(=O)c1ccc(CN2Cc3ccccc3C[C@H]2C(N)=O)c([N+](=O)[O-])c1. The summed E-state index contributed by atoms with van der Waals surface area (Å²) in [6.07, 6.45) is 0.457. The maximum Gasteiger partial charge on any atom is 0.274 e. The Balaban J connectivity index is 1.95. The fraction of sp³-hybridized carbons (Fsp3) is 0.222. The van der Waals surface area contributed by atoms with Gasteiger partial charge in [-0.15, -0.1) is 0 Å². The molecule has 1 heterocycles. The topological polar surface area (TPSA) is 133 Å². The minimum atomic E-state index is -0.735. The highest BCUT2D eigenvalue weighted by Gasteiger charge is 2.31. The van der Waals surface area contributed by atoms with Crippen molar-refractivity contribution in [3.63, 3.8) is 0 Å². The number of carbonyl (C=O) groups is 2. The lowest BCUT2D eigenvalue weighted by atomic mass is 9.93. The number of nitro benzene ring substituents is 1. The van der Waals surface area contributed by atoms with Crippen LogP contribution in [0.3, 0.4) is 0 Å². The van der Waals surface area contributed by atoms with Gasteiger partial charge in [0.15, 0.2) is 0 Å². The van der Waals surface area contributed by atoms with Gasteiger partial charge < -0.3 is 11.5 Å². The average Bonchev–Trinajstić information content (AvgIpc) is 2.60. The van der Waals surface area contributed by atoms with E-state index in [2.05, 4.69) is 0 Å². The molecule has 0 saturated carbocycles. The fourth-order valence-corrected chi connectivity index (χ4v) is 3.26. The summed E-state index contributed by atoms with van der Waals surface area (Å²) in [6, 6.07) is 11.3. The van der Waals surface area contributed by atoms with Crippen LogP contribution in [0.5, 0.6) is 0 Å². The molecule has 1 atom stereocenters. The van der Waals surface area contributed by atoms with E-state index < -0.39 is 22.8 Å². The minimum absolute atomic E-state index is 0.0656. The molecular weight excluding hydrogens is 336 g/mol. The Morgan fingerprint density at radius 3 is 2.46 bits per heavy atom. The van der Waals surface area contributed by atoms with Crippen molar-refractivity contribution >= 4 is 17.5 Å². The van der Waals surface area contributed by atoms with Crippen LogP contribution in [0, 0.1) is 10.1 Å². The van der Waals surface area contributed by atoms with Gasteiger partial charge in [-0.2, -0.15) is 0 Å². The Morgan fingerprint density at radius 2 is 1.85 bits per heavy atom. The summed E-state index contributed by atoms with van der Waals surface area (Å²) in [5, 5.41) is 11.4. The van der Waals surface area contributed by atoms with Crippen LogP contribution in [0.1, 0.15) is 27.0 Å². The lowest BCUT2D eigenvalue weighted by Crippen LogP contribution is -2.48. The molecule has 0 unspecified atom stereocenters. The number of nitrogens with zero attached hydrogens (tertiary/aromatic N) is 2. The number of hydrogen-bond acceptors (Lipinski definition) is 5. The summed E-state index contributed by atoms with van der Waals surface area (Å²) in [6.45, 7) is 0.621. The van der Waals surface area contributed by atoms with Crippen LogP contribution >= 0.6 is 0 Å². The van der Waals surface area contributed by atoms with Crippen LogP contribution in [0.15, 0.2) is 42.5 Å². The number of nitrogens with two attached hydrogens (primary N) is 2. The summed E-state index contributed by atoms with van der Waals surface area (Å²) < 4.78 is 0. The number of fused-ring (bicyclic) bond motifs is 1. The molecule has 0 aliphatic carbocycles. The number of rotatable bonds is 5. The molecule has 8 nitrogen and oxygen atoms in total. The highest BCUT2D eigenvalue weighted by Crippen LogP contribution is 2.28. The van der Waals surface area contributed by atoms with Crippen molar-refractivity contribution < 1.29 is 14.5 Å². The molecule has 0 radical (unpaired) electrons. The summed E-state index contributed by atoms with van der Waals surface area (Å²) in [4.78, 5) is 35.9. The summed E-state index contributed by atoms with van der Waals surface area (Å²) in [7, 11) is 0. The van der Waals surface area contributed by atoms with E-state index in [1.54, 1.807) is 0 Å². The molecule has 1 aliphatic rings. The first-order chi connectivity index (χ1) is 12.4. The van der Waals surface area contributed by atoms with E-state index >= 15 is 0 Å². The van der Waals surface area contributed by atoms with E-state index in [1.807, 2.05) is 29.2 Å². The van der Waals surface area contributed by atoms with Gasteiger partial charge in [-0.3, -0.25) is 24.6 Å². The quantitative estimate of drug-likeness (QED) is 0.613. The standard InChI is InChI=1S/C18H18N4O4/c19-17(23)12-5-6-14(15(8-12)22(25)26)10-21-9-13-4-2-1-3-11(13)7-16(21)18(20)24/h1-6,8,16H,7,9-10H2,(H2,19,23)(H2,20,24)/t16-/m0/s1. The van der Waals surface area contributed by atoms with Crippen molar-refractivity contribution in [3.8, 4) is 0 Å². The Morgan fingerprint density at radius 1 is 1.15 bits per heavy atom. The molecule has 1 aliphatic heterocycles. The lowest BCUT2D eigenvalue weighted by Gasteiger charge is -2.35. The molecule has 0 fully saturated rings. The Labute approximate surface area is 149 Å². The van der Waals surface area contributed by atoms with Crippen molar-refractivity contribution in [1.29, 1.82) is 0 Å². The smallest absolute Gasteiger partial charge is 0.274 e. The van der Waals surface area contributed by atoms with Crippen molar-refractivity contribution in [2.24, 2.45) is 11.5 Å². The van der Waals surface area contributed by atoms with Crippen molar-refractivity contribution in [2.45, 2.75) is 25.6 Å². The highest BCUT2D eigenvalue weighted by atomic mass is 16.6. The Bertz CT molecular complexity index is 897. The molecule has 26 heavy (non-hydrogen) atoms. The van der Waals surface area contributed by atoms with E-state index in [9.17, 15) is 19.7 Å². The molecule has 2 amide bonds. The van der Waals surface area contributed by atoms with Crippen molar-refractivity contribution in [3.05, 3.63) is 74.8 Å². The van der Waals surface area contributed by atoms with Gasteiger partial charge in [0.05, 0.1) is 11.0 Å². The van der Waals surface area contributed by atoms with Crippen molar-refractivity contribution in [2.75, 3.05) is 0 Å². The van der Waals surface area contributed by atoms with Gasteiger partial charge in [0.25, 0.3) is 5.69 Å².